The molecule has 1 aromatic carbocycles. The zero-order valence-corrected chi connectivity index (χ0v) is 12.1. The van der Waals surface area contributed by atoms with Crippen LogP contribution in [-0.4, -0.2) is 39.5 Å². The highest BCUT2D eigenvalue weighted by molar-refractivity contribution is 7.89. The van der Waals surface area contributed by atoms with Crippen molar-refractivity contribution in [1.82, 2.24) is 4.31 Å². The summed E-state index contributed by atoms with van der Waals surface area (Å²) in [7, 11) is -0.623. The van der Waals surface area contributed by atoms with Crippen LogP contribution in [0.15, 0.2) is 29.2 Å². The molecule has 8 heteroatoms. The smallest absolute Gasteiger partial charge is 0.385 e. The van der Waals surface area contributed by atoms with Crippen LogP contribution in [0.25, 0.3) is 0 Å². The molecule has 0 aliphatic carbocycles. The molecular weight excluding hydrogens is 293 g/mol. The highest BCUT2D eigenvalue weighted by Gasteiger charge is 2.25. The Bertz CT molecular complexity index is 525. The van der Waals surface area contributed by atoms with Crippen molar-refractivity contribution >= 4 is 15.7 Å². The molecule has 114 valence electrons. The second-order valence-electron chi connectivity index (χ2n) is 4.46. The van der Waals surface area contributed by atoms with Crippen molar-refractivity contribution in [3.8, 4) is 0 Å². The molecular formula is C12H17F3N2O2S. The molecule has 0 aromatic heterocycles. The predicted octanol–water partition coefficient (Wildman–Crippen LogP) is 2.69. The van der Waals surface area contributed by atoms with Crippen molar-refractivity contribution in [1.29, 1.82) is 0 Å². The van der Waals surface area contributed by atoms with Crippen molar-refractivity contribution in [2.75, 3.05) is 26.0 Å². The topological polar surface area (TPSA) is 49.4 Å². The van der Waals surface area contributed by atoms with Crippen LogP contribution >= 0.6 is 0 Å². The van der Waals surface area contributed by atoms with Crippen LogP contribution in [0.4, 0.5) is 18.9 Å². The summed E-state index contributed by atoms with van der Waals surface area (Å²) in [5.41, 5.74) is 0.588. The molecule has 0 aliphatic heterocycles. The fourth-order valence-corrected chi connectivity index (χ4v) is 2.38. The van der Waals surface area contributed by atoms with E-state index in [1.54, 1.807) is 0 Å². The van der Waals surface area contributed by atoms with E-state index in [1.165, 1.54) is 38.4 Å². The molecule has 0 heterocycles. The number of anilines is 1. The Balaban J connectivity index is 2.56. The maximum Gasteiger partial charge on any atom is 0.389 e. The summed E-state index contributed by atoms with van der Waals surface area (Å²) in [5, 5.41) is 2.82. The number of halogens is 3. The number of sulfonamides is 1. The van der Waals surface area contributed by atoms with E-state index in [0.717, 1.165) is 4.31 Å². The van der Waals surface area contributed by atoms with Crippen molar-refractivity contribution in [2.45, 2.75) is 23.9 Å². The minimum absolute atomic E-state index is 0.0265. The average Bonchev–Trinajstić information content (AvgIpc) is 2.34. The fourth-order valence-electron chi connectivity index (χ4n) is 1.48. The standard InChI is InChI=1S/C12H17F3N2O2S/c1-17(2)20(18,19)11-6-4-10(5-7-11)16-9-3-8-12(13,14)15/h4-7,16H,3,8-9H2,1-2H3. The van der Waals surface area contributed by atoms with Crippen LogP contribution < -0.4 is 5.32 Å². The van der Waals surface area contributed by atoms with Gasteiger partial charge in [0, 0.05) is 32.7 Å². The fraction of sp³-hybridized carbons (Fsp3) is 0.500. The second kappa shape index (κ2) is 6.45. The molecule has 0 bridgehead atoms. The van der Waals surface area contributed by atoms with Gasteiger partial charge in [0.05, 0.1) is 4.90 Å². The first-order chi connectivity index (χ1) is 9.13. The van der Waals surface area contributed by atoms with Gasteiger partial charge in [0.25, 0.3) is 0 Å². The van der Waals surface area contributed by atoms with Gasteiger partial charge in [-0.05, 0) is 30.7 Å². The SMILES string of the molecule is CN(C)S(=O)(=O)c1ccc(NCCCC(F)(F)F)cc1. The minimum Gasteiger partial charge on any atom is -0.385 e. The van der Waals surface area contributed by atoms with Crippen molar-refractivity contribution in [3.05, 3.63) is 24.3 Å². The summed E-state index contributed by atoms with van der Waals surface area (Å²) in [6, 6.07) is 5.90. The van der Waals surface area contributed by atoms with Crippen molar-refractivity contribution in [2.24, 2.45) is 0 Å². The second-order valence-corrected chi connectivity index (χ2v) is 6.61. The Labute approximate surface area is 116 Å². The number of hydrogen-bond acceptors (Lipinski definition) is 3. The summed E-state index contributed by atoms with van der Waals surface area (Å²) >= 11 is 0. The highest BCUT2D eigenvalue weighted by atomic mass is 32.2. The first-order valence-corrected chi connectivity index (χ1v) is 7.40. The molecule has 0 amide bonds. The van der Waals surface area contributed by atoms with E-state index >= 15 is 0 Å². The largest absolute Gasteiger partial charge is 0.389 e. The van der Waals surface area contributed by atoms with Crippen LogP contribution in [0.3, 0.4) is 0 Å². The monoisotopic (exact) mass is 310 g/mol. The summed E-state index contributed by atoms with van der Waals surface area (Å²) < 4.78 is 60.5. The lowest BCUT2D eigenvalue weighted by atomic mass is 10.3. The molecule has 0 atom stereocenters. The molecule has 0 aliphatic rings. The first-order valence-electron chi connectivity index (χ1n) is 5.96. The number of nitrogens with zero attached hydrogens (tertiary/aromatic N) is 1. The molecule has 0 saturated heterocycles. The summed E-state index contributed by atoms with van der Waals surface area (Å²) in [5.74, 6) is 0. The quantitative estimate of drug-likeness (QED) is 0.822. The van der Waals surface area contributed by atoms with E-state index in [-0.39, 0.29) is 17.9 Å². The normalized spacial score (nSPS) is 12.7. The van der Waals surface area contributed by atoms with Gasteiger partial charge in [-0.25, -0.2) is 12.7 Å². The number of rotatable bonds is 6. The molecule has 0 saturated carbocycles. The molecule has 1 aromatic rings. The lowest BCUT2D eigenvalue weighted by molar-refractivity contribution is -0.134. The first kappa shape index (κ1) is 16.8. The Morgan fingerprint density at radius 2 is 1.70 bits per heavy atom. The Morgan fingerprint density at radius 1 is 1.15 bits per heavy atom. The van der Waals surface area contributed by atoms with E-state index in [2.05, 4.69) is 5.32 Å². The maximum atomic E-state index is 11.9. The maximum absolute atomic E-state index is 11.9. The third-order valence-electron chi connectivity index (χ3n) is 2.60. The Kier molecular flexibility index (Phi) is 5.41. The van der Waals surface area contributed by atoms with Gasteiger partial charge in [-0.2, -0.15) is 13.2 Å². The number of benzene rings is 1. The van der Waals surface area contributed by atoms with Gasteiger partial charge < -0.3 is 5.32 Å². The van der Waals surface area contributed by atoms with Crippen molar-refractivity contribution < 1.29 is 21.6 Å². The molecule has 0 fully saturated rings. The number of nitrogens with one attached hydrogen (secondary N) is 1. The van der Waals surface area contributed by atoms with Crippen LogP contribution in [0.5, 0.6) is 0 Å². The van der Waals surface area contributed by atoms with Crippen LogP contribution in [-0.2, 0) is 10.0 Å². The molecule has 1 rings (SSSR count). The molecule has 1 N–H and O–H groups in total. The molecule has 4 nitrogen and oxygen atoms in total. The number of hydrogen-bond donors (Lipinski definition) is 1. The highest BCUT2D eigenvalue weighted by Crippen LogP contribution is 2.21. The van der Waals surface area contributed by atoms with Gasteiger partial charge in [-0.1, -0.05) is 0 Å². The Hall–Kier alpha value is -1.28. The van der Waals surface area contributed by atoms with Gasteiger partial charge in [-0.3, -0.25) is 0 Å². The van der Waals surface area contributed by atoms with Gasteiger partial charge in [0.15, 0.2) is 0 Å². The minimum atomic E-state index is -4.15. The third-order valence-corrected chi connectivity index (χ3v) is 4.43. The molecule has 0 spiro atoms. The lowest BCUT2D eigenvalue weighted by Crippen LogP contribution is -2.22. The molecule has 0 unspecified atom stereocenters. The van der Waals surface area contributed by atoms with E-state index in [4.69, 9.17) is 0 Å². The summed E-state index contributed by atoms with van der Waals surface area (Å²) in [6.45, 7) is 0.180. The zero-order chi connectivity index (χ0) is 15.4. The van der Waals surface area contributed by atoms with Gasteiger partial charge in [0.2, 0.25) is 10.0 Å². The van der Waals surface area contributed by atoms with Gasteiger partial charge in [0.1, 0.15) is 0 Å². The predicted molar refractivity (Wildman–Crippen MR) is 71.1 cm³/mol. The van der Waals surface area contributed by atoms with E-state index in [0.29, 0.717) is 5.69 Å². The van der Waals surface area contributed by atoms with Crippen LogP contribution in [0.2, 0.25) is 0 Å². The van der Waals surface area contributed by atoms with Gasteiger partial charge >= 0.3 is 6.18 Å². The molecule has 0 radical (unpaired) electrons. The Morgan fingerprint density at radius 3 is 2.15 bits per heavy atom. The average molecular weight is 310 g/mol. The zero-order valence-electron chi connectivity index (χ0n) is 11.2. The van der Waals surface area contributed by atoms with Crippen LogP contribution in [0, 0.1) is 0 Å². The summed E-state index contributed by atoms with van der Waals surface area (Å²) in [6.07, 6.45) is -5.01. The van der Waals surface area contributed by atoms with Crippen molar-refractivity contribution in [3.63, 3.8) is 0 Å². The lowest BCUT2D eigenvalue weighted by Gasteiger charge is -2.12. The van der Waals surface area contributed by atoms with E-state index < -0.39 is 22.6 Å². The van der Waals surface area contributed by atoms with Gasteiger partial charge in [-0.15, -0.1) is 0 Å². The van der Waals surface area contributed by atoms with Crippen LogP contribution in [0.1, 0.15) is 12.8 Å². The third kappa shape index (κ3) is 5.01. The van der Waals surface area contributed by atoms with E-state index in [9.17, 15) is 21.6 Å². The summed E-state index contributed by atoms with van der Waals surface area (Å²) in [4.78, 5) is 0.142. The number of alkyl halides is 3. The van der Waals surface area contributed by atoms with E-state index in [1.807, 2.05) is 0 Å². The molecule has 20 heavy (non-hydrogen) atoms.